The van der Waals surface area contributed by atoms with Crippen molar-refractivity contribution < 1.29 is 9.84 Å². The predicted octanol–water partition coefficient (Wildman–Crippen LogP) is 4.43. The fraction of sp³-hybridized carbons (Fsp3) is 0.273. The molecule has 0 aliphatic heterocycles. The highest BCUT2D eigenvalue weighted by Crippen LogP contribution is 2.33. The molecule has 0 saturated heterocycles. The quantitative estimate of drug-likeness (QED) is 0.563. The molecule has 1 aromatic heterocycles. The molecule has 6 nitrogen and oxygen atoms in total. The standard InChI is InChI=1S/C22H26N4O2/c1-14(2)17-10-9-15(3)11-19(17)28-20-12-24-22(26-21(20)23)25-18(13-27)16-7-5-4-6-8-16/h4-12,14,18,27H,13H2,1-3H3,(H3,23,24,25,26). The van der Waals surface area contributed by atoms with Crippen molar-refractivity contribution in [3.63, 3.8) is 0 Å². The van der Waals surface area contributed by atoms with Crippen LogP contribution in [-0.4, -0.2) is 21.7 Å². The first-order valence-corrected chi connectivity index (χ1v) is 9.31. The molecule has 3 rings (SSSR count). The van der Waals surface area contributed by atoms with Crippen molar-refractivity contribution in [1.29, 1.82) is 0 Å². The zero-order valence-electron chi connectivity index (χ0n) is 16.4. The van der Waals surface area contributed by atoms with Gasteiger partial charge in [0.2, 0.25) is 5.95 Å². The number of nitrogens with two attached hydrogens (primary N) is 1. The van der Waals surface area contributed by atoms with Gasteiger partial charge in [0.25, 0.3) is 0 Å². The summed E-state index contributed by atoms with van der Waals surface area (Å²) in [5.41, 5.74) is 9.25. The van der Waals surface area contributed by atoms with Crippen molar-refractivity contribution in [2.45, 2.75) is 32.7 Å². The van der Waals surface area contributed by atoms with Gasteiger partial charge in [-0.3, -0.25) is 0 Å². The fourth-order valence-electron chi connectivity index (χ4n) is 2.93. The van der Waals surface area contributed by atoms with Gasteiger partial charge in [0.1, 0.15) is 5.75 Å². The second kappa shape index (κ2) is 8.71. The van der Waals surface area contributed by atoms with Crippen LogP contribution in [0.1, 0.15) is 42.5 Å². The second-order valence-electron chi connectivity index (χ2n) is 7.03. The van der Waals surface area contributed by atoms with E-state index in [9.17, 15) is 5.11 Å². The van der Waals surface area contributed by atoms with E-state index in [1.54, 1.807) is 6.20 Å². The topological polar surface area (TPSA) is 93.3 Å². The van der Waals surface area contributed by atoms with Crippen LogP contribution in [0.25, 0.3) is 0 Å². The smallest absolute Gasteiger partial charge is 0.225 e. The molecule has 1 heterocycles. The maximum absolute atomic E-state index is 9.69. The number of nitrogen functional groups attached to an aromatic ring is 1. The molecule has 0 radical (unpaired) electrons. The third-order valence-corrected chi connectivity index (χ3v) is 4.48. The summed E-state index contributed by atoms with van der Waals surface area (Å²) in [6.45, 7) is 6.15. The molecule has 0 bridgehead atoms. The van der Waals surface area contributed by atoms with Gasteiger partial charge in [-0.1, -0.05) is 56.3 Å². The summed E-state index contributed by atoms with van der Waals surface area (Å²) in [6, 6.07) is 15.4. The van der Waals surface area contributed by atoms with E-state index in [2.05, 4.69) is 41.3 Å². The first-order chi connectivity index (χ1) is 13.5. The summed E-state index contributed by atoms with van der Waals surface area (Å²) >= 11 is 0. The van der Waals surface area contributed by atoms with Gasteiger partial charge < -0.3 is 20.9 Å². The minimum absolute atomic E-state index is 0.0907. The van der Waals surface area contributed by atoms with Crippen LogP contribution in [0.15, 0.2) is 54.7 Å². The Morgan fingerprint density at radius 3 is 2.50 bits per heavy atom. The highest BCUT2D eigenvalue weighted by atomic mass is 16.5. The third kappa shape index (κ3) is 4.58. The zero-order chi connectivity index (χ0) is 20.1. The second-order valence-corrected chi connectivity index (χ2v) is 7.03. The van der Waals surface area contributed by atoms with Crippen molar-refractivity contribution in [2.24, 2.45) is 0 Å². The van der Waals surface area contributed by atoms with Gasteiger partial charge >= 0.3 is 0 Å². The Labute approximate surface area is 165 Å². The minimum Gasteiger partial charge on any atom is -0.452 e. The molecule has 3 aromatic rings. The van der Waals surface area contributed by atoms with Gasteiger partial charge in [-0.2, -0.15) is 4.98 Å². The molecule has 2 aromatic carbocycles. The van der Waals surface area contributed by atoms with Gasteiger partial charge in [0.05, 0.1) is 18.8 Å². The number of aliphatic hydroxyl groups excluding tert-OH is 1. The van der Waals surface area contributed by atoms with E-state index in [4.69, 9.17) is 10.5 Å². The van der Waals surface area contributed by atoms with E-state index in [1.807, 2.05) is 43.3 Å². The van der Waals surface area contributed by atoms with E-state index >= 15 is 0 Å². The Kier molecular flexibility index (Phi) is 6.11. The molecule has 4 N–H and O–H groups in total. The number of hydrogen-bond donors (Lipinski definition) is 3. The van der Waals surface area contributed by atoms with Crippen LogP contribution < -0.4 is 15.8 Å². The van der Waals surface area contributed by atoms with Gasteiger partial charge in [0, 0.05) is 0 Å². The van der Waals surface area contributed by atoms with Crippen LogP contribution in [0.3, 0.4) is 0 Å². The first-order valence-electron chi connectivity index (χ1n) is 9.31. The van der Waals surface area contributed by atoms with Gasteiger partial charge in [-0.25, -0.2) is 4.98 Å². The van der Waals surface area contributed by atoms with Crippen LogP contribution in [0, 0.1) is 6.92 Å². The van der Waals surface area contributed by atoms with E-state index in [1.165, 1.54) is 0 Å². The average Bonchev–Trinajstić information content (AvgIpc) is 2.68. The Morgan fingerprint density at radius 1 is 1.11 bits per heavy atom. The maximum atomic E-state index is 9.69. The van der Waals surface area contributed by atoms with Crippen molar-refractivity contribution in [3.8, 4) is 11.5 Å². The minimum atomic E-state index is -0.323. The number of hydrogen-bond acceptors (Lipinski definition) is 6. The van der Waals surface area contributed by atoms with E-state index < -0.39 is 0 Å². The number of anilines is 2. The summed E-state index contributed by atoms with van der Waals surface area (Å²) in [5.74, 6) is 2.04. The molecule has 0 saturated carbocycles. The summed E-state index contributed by atoms with van der Waals surface area (Å²) in [5, 5.41) is 12.8. The van der Waals surface area contributed by atoms with E-state index in [0.29, 0.717) is 17.6 Å². The first kappa shape index (κ1) is 19.6. The van der Waals surface area contributed by atoms with Gasteiger partial charge in [-0.15, -0.1) is 0 Å². The monoisotopic (exact) mass is 378 g/mol. The van der Waals surface area contributed by atoms with Crippen molar-refractivity contribution in [3.05, 3.63) is 71.4 Å². The van der Waals surface area contributed by atoms with Crippen LogP contribution in [0.2, 0.25) is 0 Å². The molecule has 0 spiro atoms. The van der Waals surface area contributed by atoms with Crippen LogP contribution in [0.5, 0.6) is 11.5 Å². The van der Waals surface area contributed by atoms with Crippen LogP contribution in [0.4, 0.5) is 11.8 Å². The number of ether oxygens (including phenoxy) is 1. The van der Waals surface area contributed by atoms with E-state index in [-0.39, 0.29) is 18.5 Å². The highest BCUT2D eigenvalue weighted by molar-refractivity contribution is 5.52. The zero-order valence-corrected chi connectivity index (χ0v) is 16.4. The molecule has 0 aliphatic carbocycles. The number of benzene rings is 2. The number of aryl methyl sites for hydroxylation is 1. The number of aliphatic hydroxyl groups is 1. The number of aromatic nitrogens is 2. The Hall–Kier alpha value is -3.12. The SMILES string of the molecule is Cc1ccc(C(C)C)c(Oc2cnc(NC(CO)c3ccccc3)nc2N)c1. The molecule has 0 aliphatic rings. The summed E-state index contributed by atoms with van der Waals surface area (Å²) in [6.07, 6.45) is 1.55. The molecule has 1 unspecified atom stereocenters. The maximum Gasteiger partial charge on any atom is 0.225 e. The lowest BCUT2D eigenvalue weighted by Crippen LogP contribution is -2.17. The lowest BCUT2D eigenvalue weighted by atomic mass is 10.0. The van der Waals surface area contributed by atoms with Gasteiger partial charge in [-0.05, 0) is 35.6 Å². The molecular formula is C22H26N4O2. The lowest BCUT2D eigenvalue weighted by Gasteiger charge is -2.18. The van der Waals surface area contributed by atoms with Crippen molar-refractivity contribution in [1.82, 2.24) is 9.97 Å². The number of nitrogens with zero attached hydrogens (tertiary/aromatic N) is 2. The predicted molar refractivity (Wildman–Crippen MR) is 112 cm³/mol. The molecule has 0 amide bonds. The van der Waals surface area contributed by atoms with Gasteiger partial charge in [0.15, 0.2) is 11.6 Å². The Balaban J connectivity index is 1.81. The van der Waals surface area contributed by atoms with Crippen molar-refractivity contribution >= 4 is 11.8 Å². The molecule has 28 heavy (non-hydrogen) atoms. The largest absolute Gasteiger partial charge is 0.452 e. The molecule has 1 atom stereocenters. The Bertz CT molecular complexity index is 929. The number of rotatable bonds is 7. The average molecular weight is 378 g/mol. The van der Waals surface area contributed by atoms with Crippen LogP contribution in [-0.2, 0) is 0 Å². The summed E-state index contributed by atoms with van der Waals surface area (Å²) in [4.78, 5) is 8.61. The molecule has 146 valence electrons. The van der Waals surface area contributed by atoms with E-state index in [0.717, 1.165) is 22.4 Å². The summed E-state index contributed by atoms with van der Waals surface area (Å²) < 4.78 is 6.03. The molecule has 6 heteroatoms. The number of nitrogens with one attached hydrogen (secondary N) is 1. The summed E-state index contributed by atoms with van der Waals surface area (Å²) in [7, 11) is 0. The Morgan fingerprint density at radius 2 is 1.86 bits per heavy atom. The van der Waals surface area contributed by atoms with Crippen LogP contribution >= 0.6 is 0 Å². The fourth-order valence-corrected chi connectivity index (χ4v) is 2.93. The molecular weight excluding hydrogens is 352 g/mol. The van der Waals surface area contributed by atoms with Crippen molar-refractivity contribution in [2.75, 3.05) is 17.7 Å². The highest BCUT2D eigenvalue weighted by Gasteiger charge is 2.15. The normalized spacial score (nSPS) is 12.0. The molecule has 0 fully saturated rings. The third-order valence-electron chi connectivity index (χ3n) is 4.48. The lowest BCUT2D eigenvalue weighted by molar-refractivity contribution is 0.276.